The van der Waals surface area contributed by atoms with Crippen molar-refractivity contribution in [2.75, 3.05) is 11.9 Å². The second-order valence-corrected chi connectivity index (χ2v) is 7.00. The van der Waals surface area contributed by atoms with Crippen LogP contribution < -0.4 is 10.6 Å². The van der Waals surface area contributed by atoms with Crippen LogP contribution in [0.1, 0.15) is 6.92 Å². The van der Waals surface area contributed by atoms with Crippen LogP contribution in [-0.4, -0.2) is 41.6 Å². The maximum absolute atomic E-state index is 5.22. The molecule has 2 N–H and O–H groups in total. The van der Waals surface area contributed by atoms with E-state index in [4.69, 9.17) is 12.2 Å². The monoisotopic (exact) mass is 402 g/mol. The van der Waals surface area contributed by atoms with Gasteiger partial charge in [-0.05, 0) is 54.8 Å². The summed E-state index contributed by atoms with van der Waals surface area (Å²) in [6, 6.07) is 5.36. The molecule has 3 heterocycles. The quantitative estimate of drug-likeness (QED) is 0.361. The summed E-state index contributed by atoms with van der Waals surface area (Å²) in [7, 11) is 0. The summed E-state index contributed by atoms with van der Waals surface area (Å²) in [6.07, 6.45) is 6.74. The molecule has 0 unspecified atom stereocenters. The number of hydrogen-bond acceptors (Lipinski definition) is 9. The van der Waals surface area contributed by atoms with Gasteiger partial charge in [0.25, 0.3) is 0 Å². The van der Waals surface area contributed by atoms with Crippen molar-refractivity contribution < 1.29 is 0 Å². The van der Waals surface area contributed by atoms with Gasteiger partial charge in [-0.25, -0.2) is 29.9 Å². The van der Waals surface area contributed by atoms with Gasteiger partial charge in [-0.1, -0.05) is 0 Å². The molecule has 0 fully saturated rings. The summed E-state index contributed by atoms with van der Waals surface area (Å²) < 4.78 is 0. The maximum Gasteiger partial charge on any atom is 0.231 e. The van der Waals surface area contributed by atoms with Gasteiger partial charge < -0.3 is 10.6 Å². The van der Waals surface area contributed by atoms with Gasteiger partial charge in [-0.2, -0.15) is 0 Å². The molecule has 0 aromatic carbocycles. The van der Waals surface area contributed by atoms with Crippen LogP contribution in [-0.2, 0) is 0 Å². The zero-order valence-corrected chi connectivity index (χ0v) is 16.1. The fourth-order valence-electron chi connectivity index (χ4n) is 1.73. The molecular formula is C15H14N8S3. The number of thiocarbonyl (C=S) groups is 1. The van der Waals surface area contributed by atoms with Crippen LogP contribution >= 0.6 is 35.7 Å². The molecule has 0 bridgehead atoms. The molecule has 3 aromatic rings. The van der Waals surface area contributed by atoms with Crippen molar-refractivity contribution in [1.82, 2.24) is 35.2 Å². The SMILES string of the molecule is CCNC(=S)Nc1nc(Sc2ncccn2)cc(Sc2ncccn2)n1. The standard InChI is InChI=1S/C15H14N8S3/c1-2-16-13(24)23-12-21-10(25-14-17-5-3-6-18-14)9-11(22-12)26-15-19-7-4-8-20-15/h3-9H,2H2,1H3,(H2,16,21,22,23,24). The fraction of sp³-hybridized carbons (Fsp3) is 0.133. The molecule has 132 valence electrons. The third-order valence-corrected chi connectivity index (χ3v) is 4.59. The lowest BCUT2D eigenvalue weighted by molar-refractivity contribution is 0.925. The Balaban J connectivity index is 1.86. The molecule has 0 spiro atoms. The van der Waals surface area contributed by atoms with Crippen molar-refractivity contribution in [2.24, 2.45) is 0 Å². The van der Waals surface area contributed by atoms with Crippen LogP contribution in [0.4, 0.5) is 5.95 Å². The summed E-state index contributed by atoms with van der Waals surface area (Å²) in [5.74, 6) is 0.385. The second-order valence-electron chi connectivity index (χ2n) is 4.62. The highest BCUT2D eigenvalue weighted by Gasteiger charge is 2.11. The minimum Gasteiger partial charge on any atom is -0.363 e. The summed E-state index contributed by atoms with van der Waals surface area (Å²) >= 11 is 7.89. The molecule has 11 heteroatoms. The minimum absolute atomic E-state index is 0.385. The van der Waals surface area contributed by atoms with Gasteiger partial charge >= 0.3 is 0 Å². The minimum atomic E-state index is 0.385. The van der Waals surface area contributed by atoms with E-state index in [0.717, 1.165) is 0 Å². The van der Waals surface area contributed by atoms with E-state index in [2.05, 4.69) is 40.5 Å². The number of nitrogens with zero attached hydrogens (tertiary/aromatic N) is 6. The van der Waals surface area contributed by atoms with E-state index < -0.39 is 0 Å². The molecule has 0 aliphatic carbocycles. The molecule has 0 amide bonds. The molecule has 0 saturated heterocycles. The molecular weight excluding hydrogens is 388 g/mol. The van der Waals surface area contributed by atoms with Gasteiger partial charge in [0.05, 0.1) is 0 Å². The topological polar surface area (TPSA) is 101 Å². The summed E-state index contributed by atoms with van der Waals surface area (Å²) in [5.41, 5.74) is 0. The first-order valence-corrected chi connectivity index (χ1v) is 9.60. The zero-order valence-electron chi connectivity index (χ0n) is 13.7. The van der Waals surface area contributed by atoms with E-state index in [9.17, 15) is 0 Å². The lowest BCUT2D eigenvalue weighted by Crippen LogP contribution is -2.28. The summed E-state index contributed by atoms with van der Waals surface area (Å²) in [5, 5.41) is 9.02. The van der Waals surface area contributed by atoms with E-state index in [1.807, 2.05) is 13.0 Å². The van der Waals surface area contributed by atoms with E-state index in [1.165, 1.54) is 23.5 Å². The molecule has 0 aliphatic heterocycles. The zero-order chi connectivity index (χ0) is 18.2. The Bertz CT molecular complexity index is 804. The predicted molar refractivity (Wildman–Crippen MR) is 104 cm³/mol. The van der Waals surface area contributed by atoms with Crippen LogP contribution in [0.2, 0.25) is 0 Å². The largest absolute Gasteiger partial charge is 0.363 e. The van der Waals surface area contributed by atoms with Crippen LogP contribution in [0.3, 0.4) is 0 Å². The molecule has 0 atom stereocenters. The molecule has 0 aliphatic rings. The predicted octanol–water partition coefficient (Wildman–Crippen LogP) is 2.67. The number of hydrogen-bond donors (Lipinski definition) is 2. The van der Waals surface area contributed by atoms with E-state index >= 15 is 0 Å². The molecule has 0 saturated carbocycles. The van der Waals surface area contributed by atoms with Gasteiger partial charge in [0.15, 0.2) is 15.4 Å². The Labute approximate surface area is 164 Å². The summed E-state index contributed by atoms with van der Waals surface area (Å²) in [6.45, 7) is 2.67. The number of aromatic nitrogens is 6. The van der Waals surface area contributed by atoms with Crippen molar-refractivity contribution >= 4 is 46.8 Å². The van der Waals surface area contributed by atoms with Crippen LogP contribution in [0.25, 0.3) is 0 Å². The molecule has 0 radical (unpaired) electrons. The van der Waals surface area contributed by atoms with E-state index in [0.29, 0.717) is 38.0 Å². The Kier molecular flexibility index (Phi) is 6.63. The maximum atomic E-state index is 5.22. The number of rotatable bonds is 6. The van der Waals surface area contributed by atoms with Crippen LogP contribution in [0, 0.1) is 0 Å². The smallest absolute Gasteiger partial charge is 0.231 e. The Hall–Kier alpha value is -2.37. The van der Waals surface area contributed by atoms with E-state index in [-0.39, 0.29) is 0 Å². The van der Waals surface area contributed by atoms with Gasteiger partial charge in [0.1, 0.15) is 10.1 Å². The summed E-state index contributed by atoms with van der Waals surface area (Å²) in [4.78, 5) is 25.8. The lowest BCUT2D eigenvalue weighted by Gasteiger charge is -2.10. The average molecular weight is 403 g/mol. The Morgan fingerprint density at radius 3 is 1.88 bits per heavy atom. The van der Waals surface area contributed by atoms with Crippen molar-refractivity contribution in [1.29, 1.82) is 0 Å². The number of nitrogens with one attached hydrogen (secondary N) is 2. The van der Waals surface area contributed by atoms with Crippen molar-refractivity contribution in [3.05, 3.63) is 43.0 Å². The van der Waals surface area contributed by atoms with Crippen LogP contribution in [0.5, 0.6) is 0 Å². The highest BCUT2D eigenvalue weighted by atomic mass is 32.2. The fourth-order valence-corrected chi connectivity index (χ4v) is 3.48. The Morgan fingerprint density at radius 1 is 0.923 bits per heavy atom. The highest BCUT2D eigenvalue weighted by Crippen LogP contribution is 2.29. The second kappa shape index (κ2) is 9.36. The molecule has 3 rings (SSSR count). The lowest BCUT2D eigenvalue weighted by atomic mass is 10.6. The van der Waals surface area contributed by atoms with Crippen LogP contribution in [0.15, 0.2) is 63.4 Å². The van der Waals surface area contributed by atoms with E-state index in [1.54, 1.807) is 36.9 Å². The third-order valence-electron chi connectivity index (χ3n) is 2.72. The third kappa shape index (κ3) is 5.58. The van der Waals surface area contributed by atoms with Crippen molar-refractivity contribution in [3.8, 4) is 0 Å². The number of anilines is 1. The van der Waals surface area contributed by atoms with Gasteiger partial charge in [0.2, 0.25) is 5.95 Å². The van der Waals surface area contributed by atoms with Crippen molar-refractivity contribution in [2.45, 2.75) is 27.3 Å². The molecule has 26 heavy (non-hydrogen) atoms. The van der Waals surface area contributed by atoms with Gasteiger partial charge in [0, 0.05) is 37.4 Å². The van der Waals surface area contributed by atoms with Crippen molar-refractivity contribution in [3.63, 3.8) is 0 Å². The average Bonchev–Trinajstić information content (AvgIpc) is 2.63. The van der Waals surface area contributed by atoms with Gasteiger partial charge in [-0.15, -0.1) is 0 Å². The van der Waals surface area contributed by atoms with Gasteiger partial charge in [-0.3, -0.25) is 0 Å². The Morgan fingerprint density at radius 2 is 1.42 bits per heavy atom. The first kappa shape index (κ1) is 18.4. The normalized spacial score (nSPS) is 10.3. The highest BCUT2D eigenvalue weighted by molar-refractivity contribution is 7.99. The first-order chi connectivity index (χ1) is 12.7. The molecule has 8 nitrogen and oxygen atoms in total. The first-order valence-electron chi connectivity index (χ1n) is 7.56. The molecule has 3 aromatic heterocycles.